The number of benzene rings is 2. The summed E-state index contributed by atoms with van der Waals surface area (Å²) in [5.74, 6) is 0. The Labute approximate surface area is 215 Å². The maximum atomic E-state index is 5.63. The van der Waals surface area contributed by atoms with E-state index in [1.807, 2.05) is 0 Å². The van der Waals surface area contributed by atoms with Crippen LogP contribution in [0.2, 0.25) is 0 Å². The molecule has 2 aromatic rings. The van der Waals surface area contributed by atoms with Crippen LogP contribution in [0.5, 0.6) is 0 Å². The molecule has 0 spiro atoms. The Kier molecular flexibility index (Phi) is 11.4. The molecular weight excluding hydrogens is 538 g/mol. The summed E-state index contributed by atoms with van der Waals surface area (Å²) in [5, 5.41) is 0. The van der Waals surface area contributed by atoms with Gasteiger partial charge in [-0.1, -0.05) is 35.4 Å². The maximum Gasteiger partial charge on any atom is 0.0146 e. The summed E-state index contributed by atoms with van der Waals surface area (Å²) in [5.41, 5.74) is 10.8. The standard InChI is InChI=1S/C21H27N2.C6H13N.2ClH.Ru/c1-14-9-16(3)20(17(4)10-14)22-7-8-23(13-22)21-18(5)11-15(2)12-19(21)6;1-4-5-6-7(2)3;;;/h9-13H,7-8H2,1-6H3;1H,4-6H2,2-3H3;2*1H;/q-1;;;;+2/p-2. The van der Waals surface area contributed by atoms with Gasteiger partial charge in [-0.25, -0.2) is 0 Å². The van der Waals surface area contributed by atoms with E-state index in [0.717, 1.165) is 32.5 Å². The van der Waals surface area contributed by atoms with Gasteiger partial charge in [-0.2, -0.15) is 6.67 Å². The molecule has 3 nitrogen and oxygen atoms in total. The fourth-order valence-corrected chi connectivity index (χ4v) is 6.29. The normalized spacial score (nSPS) is 13.8. The molecule has 1 fully saturated rings. The molecule has 0 aromatic heterocycles. The van der Waals surface area contributed by atoms with Crippen molar-refractivity contribution in [3.05, 3.63) is 64.3 Å². The van der Waals surface area contributed by atoms with E-state index in [9.17, 15) is 0 Å². The summed E-state index contributed by atoms with van der Waals surface area (Å²) >= 11 is -1.47. The summed E-state index contributed by atoms with van der Waals surface area (Å²) in [7, 11) is 15.4. The topological polar surface area (TPSA) is 9.72 Å². The molecule has 0 atom stereocenters. The molecule has 1 saturated heterocycles. The number of aryl methyl sites for hydroxylation is 6. The first kappa shape index (κ1) is 28.3. The predicted octanol–water partition coefficient (Wildman–Crippen LogP) is 7.04. The Morgan fingerprint density at radius 2 is 1.21 bits per heavy atom. The van der Waals surface area contributed by atoms with Crippen LogP contribution < -0.4 is 9.80 Å². The van der Waals surface area contributed by atoms with Crippen LogP contribution in [0.4, 0.5) is 11.4 Å². The first-order valence-corrected chi connectivity index (χ1v) is 17.0. The second-order valence-electron chi connectivity index (χ2n) is 9.29. The van der Waals surface area contributed by atoms with Crippen LogP contribution in [0.25, 0.3) is 0 Å². The summed E-state index contributed by atoms with van der Waals surface area (Å²) in [4.78, 5) is 6.97. The number of hydrogen-bond acceptors (Lipinski definition) is 3. The molecule has 33 heavy (non-hydrogen) atoms. The molecule has 1 aliphatic heterocycles. The van der Waals surface area contributed by atoms with Crippen molar-refractivity contribution >= 4 is 35.4 Å². The third-order valence-corrected chi connectivity index (χ3v) is 8.06. The Morgan fingerprint density at radius 1 is 0.818 bits per heavy atom. The fraction of sp³-hybridized carbons (Fsp3) is 0.481. The van der Waals surface area contributed by atoms with Gasteiger partial charge in [0.25, 0.3) is 0 Å². The van der Waals surface area contributed by atoms with Gasteiger partial charge in [0.1, 0.15) is 0 Å². The summed E-state index contributed by atoms with van der Waals surface area (Å²) in [6.07, 6.45) is 2.22. The van der Waals surface area contributed by atoms with Crippen LogP contribution in [0.3, 0.4) is 0 Å². The van der Waals surface area contributed by atoms with Crippen LogP contribution in [0.15, 0.2) is 24.3 Å². The monoisotopic (exact) mass is 578 g/mol. The minimum Gasteiger partial charge on any atom is -0.502 e. The van der Waals surface area contributed by atoms with Crippen molar-refractivity contribution < 1.29 is 13.5 Å². The van der Waals surface area contributed by atoms with Gasteiger partial charge in [0.15, 0.2) is 0 Å². The van der Waals surface area contributed by atoms with Crippen molar-refractivity contribution in [2.45, 2.75) is 54.4 Å². The largest absolute Gasteiger partial charge is 0.502 e. The Bertz CT molecular complexity index is 858. The number of rotatable bonds is 6. The van der Waals surface area contributed by atoms with Crippen molar-refractivity contribution in [3.63, 3.8) is 0 Å². The Balaban J connectivity index is 0.000000328. The smallest absolute Gasteiger partial charge is 0.0146 e. The minimum atomic E-state index is -1.47. The summed E-state index contributed by atoms with van der Waals surface area (Å²) in [6, 6.07) is 9.12. The predicted molar refractivity (Wildman–Crippen MR) is 146 cm³/mol. The number of unbranched alkanes of at least 4 members (excludes halogenated alkanes) is 1. The second-order valence-corrected chi connectivity index (χ2v) is 15.2. The van der Waals surface area contributed by atoms with Crippen LogP contribution in [-0.2, 0) is 13.5 Å². The van der Waals surface area contributed by atoms with Crippen LogP contribution in [-0.4, -0.2) is 43.2 Å². The minimum absolute atomic E-state index is 1.04. The molecule has 6 heteroatoms. The van der Waals surface area contributed by atoms with Crippen molar-refractivity contribution in [1.82, 2.24) is 4.90 Å². The van der Waals surface area contributed by atoms with Crippen molar-refractivity contribution in [3.8, 4) is 0 Å². The van der Waals surface area contributed by atoms with E-state index in [1.165, 1.54) is 44.8 Å². The van der Waals surface area contributed by atoms with E-state index >= 15 is 0 Å². The molecule has 3 rings (SSSR count). The van der Waals surface area contributed by atoms with Crippen molar-refractivity contribution in [2.24, 2.45) is 0 Å². The average Bonchev–Trinajstić information content (AvgIpc) is 3.13. The average molecular weight is 579 g/mol. The van der Waals surface area contributed by atoms with Crippen molar-refractivity contribution in [1.29, 1.82) is 0 Å². The Morgan fingerprint density at radius 3 is 1.55 bits per heavy atom. The third-order valence-electron chi connectivity index (χ3n) is 5.73. The van der Waals surface area contributed by atoms with E-state index in [-0.39, 0.29) is 0 Å². The van der Waals surface area contributed by atoms with Gasteiger partial charge in [0, 0.05) is 24.5 Å². The molecule has 1 aliphatic rings. The van der Waals surface area contributed by atoms with E-state index < -0.39 is 13.5 Å². The van der Waals surface area contributed by atoms with E-state index in [1.54, 1.807) is 0 Å². The van der Waals surface area contributed by atoms with Gasteiger partial charge < -0.3 is 9.80 Å². The SMILES string of the molecule is CN(C)CCC[CH]=[Ru]([Cl])[Cl].Cc1cc(C)c(N2[CH-]N(c3c(C)cc(C)cc3C)CC2)c(C)c1. The zero-order valence-corrected chi connectivity index (χ0v) is 24.7. The van der Waals surface area contributed by atoms with E-state index in [2.05, 4.69) is 106 Å². The van der Waals surface area contributed by atoms with Gasteiger partial charge in [-0.3, -0.25) is 0 Å². The zero-order chi connectivity index (χ0) is 24.7. The molecule has 186 valence electrons. The maximum absolute atomic E-state index is 5.63. The molecule has 0 radical (unpaired) electrons. The molecular formula is C27H40Cl2N3Ru-. The molecule has 0 bridgehead atoms. The third kappa shape index (κ3) is 8.66. The molecule has 0 amide bonds. The first-order valence-electron chi connectivity index (χ1n) is 11.5. The zero-order valence-electron chi connectivity index (χ0n) is 21.5. The Hall–Kier alpha value is -0.927. The first-order chi connectivity index (χ1) is 15.5. The van der Waals surface area contributed by atoms with Crippen molar-refractivity contribution in [2.75, 3.05) is 43.5 Å². The molecule has 0 N–H and O–H groups in total. The van der Waals surface area contributed by atoms with E-state index in [4.69, 9.17) is 19.4 Å². The van der Waals surface area contributed by atoms with Gasteiger partial charge in [0.05, 0.1) is 0 Å². The molecule has 0 saturated carbocycles. The van der Waals surface area contributed by atoms with Gasteiger partial charge in [-0.05, 0) is 63.8 Å². The molecule has 2 aromatic carbocycles. The van der Waals surface area contributed by atoms with Gasteiger partial charge in [-0.15, -0.1) is 0 Å². The number of hydrogen-bond donors (Lipinski definition) is 0. The van der Waals surface area contributed by atoms with E-state index in [0.29, 0.717) is 0 Å². The molecule has 0 aliphatic carbocycles. The van der Waals surface area contributed by atoms with Gasteiger partial charge >= 0.3 is 75.9 Å². The number of halogens is 2. The fourth-order valence-electron chi connectivity index (χ4n) is 4.65. The second kappa shape index (κ2) is 13.2. The van der Waals surface area contributed by atoms with Crippen LogP contribution in [0, 0.1) is 48.2 Å². The molecule has 1 heterocycles. The van der Waals surface area contributed by atoms with Crippen LogP contribution >= 0.6 is 19.4 Å². The molecule has 0 unspecified atom stereocenters. The van der Waals surface area contributed by atoms with Crippen LogP contribution in [0.1, 0.15) is 46.2 Å². The number of nitrogens with zero attached hydrogens (tertiary/aromatic N) is 3. The number of anilines is 2. The quantitative estimate of drug-likeness (QED) is 0.207. The summed E-state index contributed by atoms with van der Waals surface area (Å²) in [6.45, 7) is 18.7. The summed E-state index contributed by atoms with van der Waals surface area (Å²) < 4.78 is 2.05. The van der Waals surface area contributed by atoms with Gasteiger partial charge in [0.2, 0.25) is 0 Å².